The largest absolute Gasteiger partial charge is 0.313 e. The normalized spacial score (nSPS) is 14.6. The lowest BCUT2D eigenvalue weighted by Gasteiger charge is -2.25. The Balaban J connectivity index is 2.81. The van der Waals surface area contributed by atoms with E-state index in [1.54, 1.807) is 0 Å². The van der Waals surface area contributed by atoms with Crippen molar-refractivity contribution in [1.82, 2.24) is 5.32 Å². The van der Waals surface area contributed by atoms with Gasteiger partial charge in [-0.25, -0.2) is 0 Å². The summed E-state index contributed by atoms with van der Waals surface area (Å²) in [6.45, 7) is 12.3. The third kappa shape index (κ3) is 4.16. The molecule has 0 radical (unpaired) electrons. The van der Waals surface area contributed by atoms with Gasteiger partial charge in [0.25, 0.3) is 0 Å². The van der Waals surface area contributed by atoms with E-state index in [1.165, 1.54) is 29.5 Å². The maximum atomic E-state index is 3.66. The minimum absolute atomic E-state index is 0.588. The number of aryl methyl sites for hydroxylation is 2. The molecule has 0 fully saturated rings. The smallest absolute Gasteiger partial charge is 0.0130 e. The van der Waals surface area contributed by atoms with E-state index in [0.29, 0.717) is 12.0 Å². The quantitative estimate of drug-likeness (QED) is 0.777. The Bertz CT molecular complexity index is 323. The third-order valence-corrected chi connectivity index (χ3v) is 3.47. The van der Waals surface area contributed by atoms with Crippen molar-refractivity contribution < 1.29 is 0 Å². The van der Waals surface area contributed by atoms with Crippen LogP contribution in [0.3, 0.4) is 0 Å². The van der Waals surface area contributed by atoms with Crippen LogP contribution in [0.25, 0.3) is 0 Å². The summed E-state index contributed by atoms with van der Waals surface area (Å²) in [7, 11) is 0. The van der Waals surface area contributed by atoms with Crippen molar-refractivity contribution in [3.63, 3.8) is 0 Å². The lowest BCUT2D eigenvalue weighted by atomic mass is 9.89. The standard InChI is InChI=1S/C16H27N/c1-6-8-17-16(7-2)14(5)15-10-12(3)9-13(4)11-15/h9-11,14,16-17H,6-8H2,1-5H3. The maximum absolute atomic E-state index is 3.66. The minimum Gasteiger partial charge on any atom is -0.313 e. The molecule has 0 bridgehead atoms. The Morgan fingerprint density at radius 3 is 2.12 bits per heavy atom. The van der Waals surface area contributed by atoms with Crippen LogP contribution in [0.2, 0.25) is 0 Å². The highest BCUT2D eigenvalue weighted by molar-refractivity contribution is 5.31. The molecule has 96 valence electrons. The number of rotatable bonds is 6. The van der Waals surface area contributed by atoms with Gasteiger partial charge in [-0.3, -0.25) is 0 Å². The number of nitrogens with one attached hydrogen (secondary N) is 1. The van der Waals surface area contributed by atoms with Gasteiger partial charge in [0.05, 0.1) is 0 Å². The zero-order valence-electron chi connectivity index (χ0n) is 12.0. The topological polar surface area (TPSA) is 12.0 Å². The van der Waals surface area contributed by atoms with Crippen LogP contribution < -0.4 is 5.32 Å². The molecule has 17 heavy (non-hydrogen) atoms. The summed E-state index contributed by atoms with van der Waals surface area (Å²) in [4.78, 5) is 0. The summed E-state index contributed by atoms with van der Waals surface area (Å²) >= 11 is 0. The van der Waals surface area contributed by atoms with Gasteiger partial charge in [0, 0.05) is 6.04 Å². The molecule has 0 spiro atoms. The van der Waals surface area contributed by atoms with Crippen molar-refractivity contribution >= 4 is 0 Å². The minimum atomic E-state index is 0.588. The molecule has 0 amide bonds. The first kappa shape index (κ1) is 14.2. The molecule has 1 N–H and O–H groups in total. The monoisotopic (exact) mass is 233 g/mol. The first-order valence-corrected chi connectivity index (χ1v) is 6.90. The fourth-order valence-electron chi connectivity index (χ4n) is 2.51. The van der Waals surface area contributed by atoms with E-state index in [-0.39, 0.29) is 0 Å². The lowest BCUT2D eigenvalue weighted by Crippen LogP contribution is -2.33. The third-order valence-electron chi connectivity index (χ3n) is 3.47. The SMILES string of the molecule is CCCNC(CC)C(C)c1cc(C)cc(C)c1. The van der Waals surface area contributed by atoms with E-state index in [2.05, 4.69) is 58.1 Å². The van der Waals surface area contributed by atoms with E-state index >= 15 is 0 Å². The second-order valence-electron chi connectivity index (χ2n) is 5.18. The van der Waals surface area contributed by atoms with Gasteiger partial charge in [0.2, 0.25) is 0 Å². The molecule has 2 unspecified atom stereocenters. The van der Waals surface area contributed by atoms with E-state index in [4.69, 9.17) is 0 Å². The fourth-order valence-corrected chi connectivity index (χ4v) is 2.51. The zero-order chi connectivity index (χ0) is 12.8. The van der Waals surface area contributed by atoms with Gasteiger partial charge in [-0.05, 0) is 44.7 Å². The maximum Gasteiger partial charge on any atom is 0.0130 e. The highest BCUT2D eigenvalue weighted by Gasteiger charge is 2.16. The molecule has 0 aliphatic carbocycles. The molecular formula is C16H27N. The predicted octanol–water partition coefficient (Wildman–Crippen LogP) is 4.19. The zero-order valence-corrected chi connectivity index (χ0v) is 12.0. The predicted molar refractivity (Wildman–Crippen MR) is 76.7 cm³/mol. The molecule has 1 nitrogen and oxygen atoms in total. The molecule has 2 atom stereocenters. The van der Waals surface area contributed by atoms with Gasteiger partial charge in [-0.2, -0.15) is 0 Å². The van der Waals surface area contributed by atoms with E-state index in [9.17, 15) is 0 Å². The van der Waals surface area contributed by atoms with Crippen LogP contribution in [-0.2, 0) is 0 Å². The van der Waals surface area contributed by atoms with Gasteiger partial charge in [-0.1, -0.05) is 50.1 Å². The summed E-state index contributed by atoms with van der Waals surface area (Å²) in [6, 6.07) is 7.49. The molecule has 1 aromatic rings. The van der Waals surface area contributed by atoms with Crippen molar-refractivity contribution in [2.24, 2.45) is 0 Å². The van der Waals surface area contributed by atoms with Crippen LogP contribution in [0.1, 0.15) is 56.2 Å². The van der Waals surface area contributed by atoms with E-state index < -0.39 is 0 Å². The first-order chi connectivity index (χ1) is 8.08. The summed E-state index contributed by atoms with van der Waals surface area (Å²) in [5.41, 5.74) is 4.22. The first-order valence-electron chi connectivity index (χ1n) is 6.90. The highest BCUT2D eigenvalue weighted by atomic mass is 14.9. The van der Waals surface area contributed by atoms with Crippen molar-refractivity contribution in [1.29, 1.82) is 0 Å². The summed E-state index contributed by atoms with van der Waals surface area (Å²) in [5.74, 6) is 0.588. The van der Waals surface area contributed by atoms with Gasteiger partial charge >= 0.3 is 0 Å². The molecule has 0 heterocycles. The Morgan fingerprint density at radius 2 is 1.65 bits per heavy atom. The highest BCUT2D eigenvalue weighted by Crippen LogP contribution is 2.23. The molecular weight excluding hydrogens is 206 g/mol. The molecule has 1 heteroatoms. The summed E-state index contributed by atoms with van der Waals surface area (Å²) in [5, 5.41) is 3.66. The molecule has 0 aliphatic rings. The van der Waals surface area contributed by atoms with Gasteiger partial charge < -0.3 is 5.32 Å². The van der Waals surface area contributed by atoms with Crippen LogP contribution >= 0.6 is 0 Å². The molecule has 1 aromatic carbocycles. The van der Waals surface area contributed by atoms with Gasteiger partial charge in [0.1, 0.15) is 0 Å². The van der Waals surface area contributed by atoms with Crippen LogP contribution in [0.5, 0.6) is 0 Å². The lowest BCUT2D eigenvalue weighted by molar-refractivity contribution is 0.438. The van der Waals surface area contributed by atoms with Crippen molar-refractivity contribution in [2.45, 2.75) is 59.4 Å². The van der Waals surface area contributed by atoms with Crippen molar-refractivity contribution in [3.05, 3.63) is 34.9 Å². The number of hydrogen-bond acceptors (Lipinski definition) is 1. The number of benzene rings is 1. The van der Waals surface area contributed by atoms with Crippen LogP contribution in [0.4, 0.5) is 0 Å². The number of hydrogen-bond donors (Lipinski definition) is 1. The Kier molecular flexibility index (Phi) is 5.70. The second kappa shape index (κ2) is 6.80. The van der Waals surface area contributed by atoms with Gasteiger partial charge in [0.15, 0.2) is 0 Å². The second-order valence-corrected chi connectivity index (χ2v) is 5.18. The van der Waals surface area contributed by atoms with Crippen molar-refractivity contribution in [2.75, 3.05) is 6.54 Å². The molecule has 0 aliphatic heterocycles. The molecule has 0 saturated heterocycles. The Labute approximate surface area is 107 Å². The Hall–Kier alpha value is -0.820. The average Bonchev–Trinajstić information content (AvgIpc) is 2.28. The van der Waals surface area contributed by atoms with E-state index in [1.807, 2.05) is 0 Å². The molecule has 0 saturated carbocycles. The average molecular weight is 233 g/mol. The van der Waals surface area contributed by atoms with Crippen LogP contribution in [0, 0.1) is 13.8 Å². The van der Waals surface area contributed by atoms with Crippen LogP contribution in [-0.4, -0.2) is 12.6 Å². The van der Waals surface area contributed by atoms with E-state index in [0.717, 1.165) is 6.54 Å². The Morgan fingerprint density at radius 1 is 1.06 bits per heavy atom. The summed E-state index contributed by atoms with van der Waals surface area (Å²) in [6.07, 6.45) is 2.39. The van der Waals surface area contributed by atoms with Crippen molar-refractivity contribution in [3.8, 4) is 0 Å². The van der Waals surface area contributed by atoms with Gasteiger partial charge in [-0.15, -0.1) is 0 Å². The fraction of sp³-hybridized carbons (Fsp3) is 0.625. The summed E-state index contributed by atoms with van der Waals surface area (Å²) < 4.78 is 0. The molecule has 1 rings (SSSR count). The van der Waals surface area contributed by atoms with Crippen LogP contribution in [0.15, 0.2) is 18.2 Å². The molecule has 0 aromatic heterocycles.